The molecule has 1 heterocycles. The van der Waals surface area contributed by atoms with Crippen molar-refractivity contribution in [1.29, 1.82) is 10.7 Å². The van der Waals surface area contributed by atoms with E-state index in [9.17, 15) is 20.0 Å². The maximum absolute atomic E-state index is 12.9. The summed E-state index contributed by atoms with van der Waals surface area (Å²) in [4.78, 5) is 26.7. The van der Waals surface area contributed by atoms with Crippen LogP contribution < -0.4 is 16.0 Å². The van der Waals surface area contributed by atoms with Gasteiger partial charge < -0.3 is 25.8 Å². The Bertz CT molecular complexity index is 1050. The molecule has 0 radical (unpaired) electrons. The summed E-state index contributed by atoms with van der Waals surface area (Å²) in [6.07, 6.45) is -3.15. The van der Waals surface area contributed by atoms with Crippen molar-refractivity contribution in [2.45, 2.75) is 19.1 Å². The summed E-state index contributed by atoms with van der Waals surface area (Å²) in [6, 6.07) is 13.4. The van der Waals surface area contributed by atoms with Gasteiger partial charge in [-0.25, -0.2) is 0 Å². The number of amidine groups is 1. The van der Waals surface area contributed by atoms with Crippen molar-refractivity contribution in [2.75, 3.05) is 23.4 Å². The van der Waals surface area contributed by atoms with E-state index in [1.165, 1.54) is 4.90 Å². The minimum Gasteiger partial charge on any atom is -0.384 e. The van der Waals surface area contributed by atoms with Crippen LogP contribution in [0.25, 0.3) is 0 Å². The maximum atomic E-state index is 12.9. The van der Waals surface area contributed by atoms with E-state index < -0.39 is 24.0 Å². The molecule has 5 N–H and O–H groups in total. The molecular formula is C21H21N5O4. The Kier molecular flexibility index (Phi) is 6.11. The predicted molar refractivity (Wildman–Crippen MR) is 110 cm³/mol. The third kappa shape index (κ3) is 4.15. The number of hydrogen-bond donors (Lipinski definition) is 4. The second-order valence-corrected chi connectivity index (χ2v) is 6.79. The molecule has 1 fully saturated rings. The van der Waals surface area contributed by atoms with Gasteiger partial charge in [0.1, 0.15) is 11.9 Å². The zero-order chi connectivity index (χ0) is 21.8. The van der Waals surface area contributed by atoms with Crippen LogP contribution in [-0.4, -0.2) is 48.1 Å². The first-order valence-corrected chi connectivity index (χ1v) is 9.19. The van der Waals surface area contributed by atoms with Crippen molar-refractivity contribution in [2.24, 2.45) is 5.73 Å². The van der Waals surface area contributed by atoms with E-state index in [1.807, 2.05) is 6.07 Å². The van der Waals surface area contributed by atoms with Crippen molar-refractivity contribution in [1.82, 2.24) is 0 Å². The molecule has 0 bridgehead atoms. The smallest absolute Gasteiger partial charge is 0.259 e. The molecule has 1 saturated heterocycles. The number of ether oxygens (including phenoxy) is 1. The molecule has 3 rings (SSSR count). The highest BCUT2D eigenvalue weighted by molar-refractivity contribution is 6.04. The highest BCUT2D eigenvalue weighted by atomic mass is 16.5. The summed E-state index contributed by atoms with van der Waals surface area (Å²) in [5, 5.41) is 29.8. The maximum Gasteiger partial charge on any atom is 0.259 e. The fraction of sp³-hybridized carbons (Fsp3) is 0.238. The fourth-order valence-electron chi connectivity index (χ4n) is 3.27. The number of nitriles is 1. The van der Waals surface area contributed by atoms with Gasteiger partial charge >= 0.3 is 0 Å². The number of aliphatic hydroxyl groups excluding tert-OH is 1. The molecule has 1 aliphatic rings. The van der Waals surface area contributed by atoms with Crippen molar-refractivity contribution >= 4 is 29.0 Å². The van der Waals surface area contributed by atoms with Gasteiger partial charge in [0.2, 0.25) is 0 Å². The van der Waals surface area contributed by atoms with Gasteiger partial charge in [-0.15, -0.1) is 0 Å². The number of nitrogens with zero attached hydrogens (tertiary/aromatic N) is 2. The lowest BCUT2D eigenvalue weighted by Crippen LogP contribution is -2.55. The molecule has 30 heavy (non-hydrogen) atoms. The zero-order valence-corrected chi connectivity index (χ0v) is 16.3. The highest BCUT2D eigenvalue weighted by Gasteiger charge is 2.39. The van der Waals surface area contributed by atoms with Crippen LogP contribution in [0.3, 0.4) is 0 Å². The number of aliphatic hydroxyl groups is 1. The average molecular weight is 407 g/mol. The van der Waals surface area contributed by atoms with E-state index in [2.05, 4.69) is 5.32 Å². The molecule has 154 valence electrons. The van der Waals surface area contributed by atoms with Crippen LogP contribution in [0.4, 0.5) is 11.4 Å². The minimum absolute atomic E-state index is 0.0932. The molecule has 9 heteroatoms. The number of nitrogens with two attached hydrogens (primary N) is 1. The van der Waals surface area contributed by atoms with Crippen LogP contribution in [-0.2, 0) is 14.3 Å². The predicted octanol–water partition coefficient (Wildman–Crippen LogP) is 0.882. The third-order valence-electron chi connectivity index (χ3n) is 4.78. The Hall–Kier alpha value is -3.74. The molecule has 9 nitrogen and oxygen atoms in total. The van der Waals surface area contributed by atoms with Crippen molar-refractivity contribution in [3.05, 3.63) is 59.2 Å². The van der Waals surface area contributed by atoms with Crippen LogP contribution in [0.2, 0.25) is 0 Å². The van der Waals surface area contributed by atoms with Crippen LogP contribution in [0.5, 0.6) is 0 Å². The molecule has 0 aromatic heterocycles. The van der Waals surface area contributed by atoms with Gasteiger partial charge in [0.15, 0.2) is 12.2 Å². The summed E-state index contributed by atoms with van der Waals surface area (Å²) in [5.41, 5.74) is 7.80. The summed E-state index contributed by atoms with van der Waals surface area (Å²) in [6.45, 7) is 2.04. The van der Waals surface area contributed by atoms with Crippen LogP contribution in [0, 0.1) is 23.7 Å². The molecule has 2 aromatic rings. The number of para-hydroxylation sites is 1. The minimum atomic E-state index is -1.75. The first-order valence-electron chi connectivity index (χ1n) is 9.19. The first-order chi connectivity index (χ1) is 14.3. The number of carbonyl (C=O) groups excluding carboxylic acids is 2. The van der Waals surface area contributed by atoms with Crippen molar-refractivity contribution in [3.8, 4) is 6.07 Å². The summed E-state index contributed by atoms with van der Waals surface area (Å²) >= 11 is 0. The number of carbonyl (C=O) groups is 2. The first kappa shape index (κ1) is 21.0. The van der Waals surface area contributed by atoms with Gasteiger partial charge in [0, 0.05) is 17.8 Å². The number of aryl methyl sites for hydroxylation is 1. The lowest BCUT2D eigenvalue weighted by molar-refractivity contribution is -0.150. The van der Waals surface area contributed by atoms with E-state index >= 15 is 0 Å². The Labute approximate surface area is 173 Å². The van der Waals surface area contributed by atoms with Crippen molar-refractivity contribution in [3.63, 3.8) is 0 Å². The number of nitrogens with one attached hydrogen (secondary N) is 2. The van der Waals surface area contributed by atoms with Gasteiger partial charge in [-0.1, -0.05) is 12.1 Å². The van der Waals surface area contributed by atoms with Crippen molar-refractivity contribution < 1.29 is 19.4 Å². The van der Waals surface area contributed by atoms with E-state index in [0.717, 1.165) is 0 Å². The SMILES string of the molecule is Cc1cc(NC(=O)C(O)[C@H]2OCCN(c3ccccc3C#N)C2=O)ccc1C(=N)N. The molecule has 2 amide bonds. The van der Waals surface area contributed by atoms with Gasteiger partial charge in [-0.05, 0) is 42.8 Å². The molecule has 2 atom stereocenters. The topological polar surface area (TPSA) is 153 Å². The van der Waals surface area contributed by atoms with Crippen LogP contribution in [0.1, 0.15) is 16.7 Å². The number of rotatable bonds is 5. The Morgan fingerprint density at radius 3 is 2.80 bits per heavy atom. The second-order valence-electron chi connectivity index (χ2n) is 6.79. The molecule has 2 aromatic carbocycles. The number of hydrogen-bond acceptors (Lipinski definition) is 6. The van der Waals surface area contributed by atoms with E-state index in [0.29, 0.717) is 28.1 Å². The summed E-state index contributed by atoms with van der Waals surface area (Å²) in [5.74, 6) is -1.50. The summed E-state index contributed by atoms with van der Waals surface area (Å²) < 4.78 is 5.38. The Morgan fingerprint density at radius 1 is 1.40 bits per heavy atom. The van der Waals surface area contributed by atoms with Gasteiger partial charge in [0.05, 0.1) is 17.9 Å². The quantitative estimate of drug-likeness (QED) is 0.426. The molecule has 1 aliphatic heterocycles. The molecular weight excluding hydrogens is 386 g/mol. The molecule has 0 spiro atoms. The highest BCUT2D eigenvalue weighted by Crippen LogP contribution is 2.24. The normalized spacial score (nSPS) is 17.2. The Morgan fingerprint density at radius 2 is 2.13 bits per heavy atom. The number of amides is 2. The van der Waals surface area contributed by atoms with E-state index in [1.54, 1.807) is 49.4 Å². The number of anilines is 2. The van der Waals surface area contributed by atoms with E-state index in [-0.39, 0.29) is 19.0 Å². The van der Waals surface area contributed by atoms with Crippen LogP contribution >= 0.6 is 0 Å². The number of morpholine rings is 1. The Balaban J connectivity index is 1.76. The standard InChI is InChI=1S/C21H21N5O4/c1-12-10-14(6-7-15(12)19(23)24)25-20(28)17(27)18-21(29)26(8-9-30-18)16-5-3-2-4-13(16)11-22/h2-7,10,17-18,27H,8-9H2,1H3,(H3,23,24)(H,25,28)/t17?,18-/m1/s1. The fourth-order valence-corrected chi connectivity index (χ4v) is 3.27. The zero-order valence-electron chi connectivity index (χ0n) is 16.3. The summed E-state index contributed by atoms with van der Waals surface area (Å²) in [7, 11) is 0. The van der Waals surface area contributed by atoms with Crippen LogP contribution in [0.15, 0.2) is 42.5 Å². The molecule has 0 saturated carbocycles. The third-order valence-corrected chi connectivity index (χ3v) is 4.78. The largest absolute Gasteiger partial charge is 0.384 e. The van der Waals surface area contributed by atoms with Gasteiger partial charge in [-0.2, -0.15) is 5.26 Å². The van der Waals surface area contributed by atoms with E-state index in [4.69, 9.17) is 15.9 Å². The monoisotopic (exact) mass is 407 g/mol. The van der Waals surface area contributed by atoms with Gasteiger partial charge in [0.25, 0.3) is 11.8 Å². The lowest BCUT2D eigenvalue weighted by Gasteiger charge is -2.34. The molecule has 0 aliphatic carbocycles. The second kappa shape index (κ2) is 8.73. The molecule has 1 unspecified atom stereocenters. The lowest BCUT2D eigenvalue weighted by atomic mass is 10.1. The number of nitrogen functional groups attached to an aromatic ring is 1. The average Bonchev–Trinajstić information content (AvgIpc) is 2.73. The number of benzene rings is 2. The van der Waals surface area contributed by atoms with Gasteiger partial charge in [-0.3, -0.25) is 15.0 Å².